The van der Waals surface area contributed by atoms with Gasteiger partial charge in [-0.1, -0.05) is 19.4 Å². The summed E-state index contributed by atoms with van der Waals surface area (Å²) in [5, 5.41) is 19.8. The third-order valence-corrected chi connectivity index (χ3v) is 10.2. The van der Waals surface area contributed by atoms with Gasteiger partial charge in [0.2, 0.25) is 0 Å². The van der Waals surface area contributed by atoms with Crippen LogP contribution in [0.5, 0.6) is 0 Å². The molecule has 0 aromatic rings. The molecular weight excluding hydrogens is 490 g/mol. The molecule has 5 aliphatic rings. The van der Waals surface area contributed by atoms with Gasteiger partial charge in [-0.2, -0.15) is 0 Å². The van der Waals surface area contributed by atoms with E-state index in [1.54, 1.807) is 6.08 Å². The lowest BCUT2D eigenvalue weighted by molar-refractivity contribution is -0.218. The summed E-state index contributed by atoms with van der Waals surface area (Å²) in [7, 11) is 0. The molecule has 38 heavy (non-hydrogen) atoms. The number of rotatable bonds is 7. The minimum absolute atomic E-state index is 0.00591. The number of ether oxygens (including phenoxy) is 3. The molecule has 1 aliphatic heterocycles. The fourth-order valence-electron chi connectivity index (χ4n) is 9.15. The van der Waals surface area contributed by atoms with E-state index in [2.05, 4.69) is 13.8 Å². The number of carboxylic acids is 1. The van der Waals surface area contributed by atoms with E-state index in [-0.39, 0.29) is 41.4 Å². The Morgan fingerprint density at radius 3 is 2.58 bits per heavy atom. The summed E-state index contributed by atoms with van der Waals surface area (Å²) >= 11 is 0. The Bertz CT molecular complexity index is 978. The van der Waals surface area contributed by atoms with Gasteiger partial charge >= 0.3 is 12.1 Å². The standard InChI is InChI=1S/C29H43NO8/c1-14(2)8-16-4-5-18-17-6-7-20-19-12-36-13-29(20,21(17)9-22(31)25(18)24(16)27(32)33)10-23(38-28(34)35)26(19)37-11-15(3)30/h9,14-20,23-26H,4-8,10-13,30H2,1-3H3,(H,32,33)(H,34,35)/t15?,16?,17?,18?,19?,20?,23-,24-,25?,26-,29+/m1/s1. The summed E-state index contributed by atoms with van der Waals surface area (Å²) < 4.78 is 17.8. The van der Waals surface area contributed by atoms with Gasteiger partial charge in [0.1, 0.15) is 6.10 Å². The minimum atomic E-state index is -1.34. The van der Waals surface area contributed by atoms with Crippen molar-refractivity contribution in [2.24, 2.45) is 58.5 Å². The topological polar surface area (TPSA) is 145 Å². The number of hydrogen-bond acceptors (Lipinski definition) is 7. The molecule has 4 N–H and O–H groups in total. The Kier molecular flexibility index (Phi) is 7.66. The van der Waals surface area contributed by atoms with Gasteiger partial charge in [0, 0.05) is 23.3 Å². The van der Waals surface area contributed by atoms with E-state index in [1.807, 2.05) is 6.92 Å². The van der Waals surface area contributed by atoms with Crippen molar-refractivity contribution in [1.82, 2.24) is 0 Å². The van der Waals surface area contributed by atoms with Gasteiger partial charge in [-0.15, -0.1) is 0 Å². The first-order chi connectivity index (χ1) is 18.0. The fourth-order valence-corrected chi connectivity index (χ4v) is 9.15. The van der Waals surface area contributed by atoms with Crippen LogP contribution in [0, 0.1) is 52.8 Å². The Hall–Kier alpha value is -1.97. The molecule has 1 saturated heterocycles. The van der Waals surface area contributed by atoms with E-state index in [4.69, 9.17) is 19.9 Å². The average Bonchev–Trinajstić information content (AvgIpc) is 2.82. The number of ketones is 1. The first kappa shape index (κ1) is 27.6. The van der Waals surface area contributed by atoms with Gasteiger partial charge in [-0.05, 0) is 81.1 Å². The molecule has 0 spiro atoms. The Morgan fingerprint density at radius 1 is 1.16 bits per heavy atom. The quantitative estimate of drug-likeness (QED) is 0.417. The molecule has 0 radical (unpaired) electrons. The van der Waals surface area contributed by atoms with Crippen molar-refractivity contribution in [2.75, 3.05) is 19.8 Å². The molecule has 1 heterocycles. The number of nitrogens with two attached hydrogens (primary N) is 1. The number of allylic oxidation sites excluding steroid dienone is 1. The summed E-state index contributed by atoms with van der Waals surface area (Å²) in [5.41, 5.74) is 6.48. The predicted molar refractivity (Wildman–Crippen MR) is 137 cm³/mol. The maximum atomic E-state index is 13.8. The van der Waals surface area contributed by atoms with Gasteiger partial charge in [-0.25, -0.2) is 4.79 Å². The Morgan fingerprint density at radius 2 is 1.92 bits per heavy atom. The molecule has 0 amide bonds. The first-order valence-electron chi connectivity index (χ1n) is 14.4. The van der Waals surface area contributed by atoms with Crippen LogP contribution in [0.4, 0.5) is 4.79 Å². The van der Waals surface area contributed by atoms with E-state index in [1.165, 1.54) is 0 Å². The summed E-state index contributed by atoms with van der Waals surface area (Å²) in [6.07, 6.45) is 3.96. The molecule has 212 valence electrons. The van der Waals surface area contributed by atoms with Crippen molar-refractivity contribution in [1.29, 1.82) is 0 Å². The SMILES string of the molecule is CC(C)CC1CCC2C3CCC4C5COC[C@]4(C[C@@H](OC(=O)O)[C@@H]5OCC(C)N)C3=CC(=O)C2[C@@H]1C(=O)O. The number of carbonyl (C=O) groups excluding carboxylic acids is 1. The summed E-state index contributed by atoms with van der Waals surface area (Å²) in [4.78, 5) is 38.0. The molecule has 11 atom stereocenters. The van der Waals surface area contributed by atoms with Gasteiger partial charge in [0.05, 0.1) is 31.8 Å². The highest BCUT2D eigenvalue weighted by Gasteiger charge is 2.64. The highest BCUT2D eigenvalue weighted by molar-refractivity contribution is 5.97. The van der Waals surface area contributed by atoms with Crippen molar-refractivity contribution in [3.8, 4) is 0 Å². The lowest BCUT2D eigenvalue weighted by Crippen LogP contribution is -2.64. The van der Waals surface area contributed by atoms with Crippen molar-refractivity contribution in [2.45, 2.75) is 77.5 Å². The van der Waals surface area contributed by atoms with Gasteiger partial charge in [-0.3, -0.25) is 9.59 Å². The van der Waals surface area contributed by atoms with E-state index >= 15 is 0 Å². The number of hydrogen-bond donors (Lipinski definition) is 3. The maximum Gasteiger partial charge on any atom is 0.506 e. The molecule has 3 saturated carbocycles. The monoisotopic (exact) mass is 533 g/mol. The molecule has 0 aromatic carbocycles. The molecule has 5 rings (SSSR count). The van der Waals surface area contributed by atoms with Crippen molar-refractivity contribution in [3.05, 3.63) is 11.6 Å². The van der Waals surface area contributed by atoms with Crippen LogP contribution >= 0.6 is 0 Å². The van der Waals surface area contributed by atoms with Crippen molar-refractivity contribution in [3.63, 3.8) is 0 Å². The molecule has 4 fully saturated rings. The number of fused-ring (bicyclic) bond motifs is 3. The van der Waals surface area contributed by atoms with E-state index < -0.39 is 41.6 Å². The second-order valence-electron chi connectivity index (χ2n) is 13.0. The molecule has 9 heteroatoms. The molecule has 0 aromatic heterocycles. The summed E-state index contributed by atoms with van der Waals surface area (Å²) in [6.45, 7) is 7.22. The van der Waals surface area contributed by atoms with Crippen LogP contribution in [0.25, 0.3) is 0 Å². The van der Waals surface area contributed by atoms with Crippen LogP contribution in [-0.2, 0) is 23.8 Å². The van der Waals surface area contributed by atoms with Crippen molar-refractivity contribution >= 4 is 17.9 Å². The Balaban J connectivity index is 1.50. The molecule has 4 aliphatic carbocycles. The average molecular weight is 534 g/mol. The highest BCUT2D eigenvalue weighted by Crippen LogP contribution is 2.64. The number of carbonyl (C=O) groups is 3. The van der Waals surface area contributed by atoms with E-state index in [0.717, 1.165) is 37.7 Å². The smallest absolute Gasteiger partial charge is 0.481 e. The van der Waals surface area contributed by atoms with Crippen molar-refractivity contribution < 1.29 is 38.8 Å². The third-order valence-electron chi connectivity index (χ3n) is 10.2. The normalized spacial score (nSPS) is 42.8. The highest BCUT2D eigenvalue weighted by atomic mass is 16.7. The van der Waals surface area contributed by atoms with Crippen LogP contribution in [-0.4, -0.2) is 66.2 Å². The minimum Gasteiger partial charge on any atom is -0.481 e. The molecule has 7 unspecified atom stereocenters. The van der Waals surface area contributed by atoms with Gasteiger partial charge in [0.15, 0.2) is 5.78 Å². The van der Waals surface area contributed by atoms with E-state index in [9.17, 15) is 24.6 Å². The third kappa shape index (κ3) is 4.68. The number of aliphatic carboxylic acids is 1. The molecule has 2 bridgehead atoms. The molecule has 9 nitrogen and oxygen atoms in total. The maximum absolute atomic E-state index is 13.8. The summed E-state index contributed by atoms with van der Waals surface area (Å²) in [5.74, 6) is -1.49. The zero-order chi connectivity index (χ0) is 27.4. The second-order valence-corrected chi connectivity index (χ2v) is 13.0. The predicted octanol–water partition coefficient (Wildman–Crippen LogP) is 3.74. The van der Waals surface area contributed by atoms with Crippen LogP contribution in [0.1, 0.15) is 59.3 Å². The largest absolute Gasteiger partial charge is 0.506 e. The van der Waals surface area contributed by atoms with Crippen LogP contribution in [0.3, 0.4) is 0 Å². The van der Waals surface area contributed by atoms with Crippen LogP contribution in [0.15, 0.2) is 11.6 Å². The zero-order valence-electron chi connectivity index (χ0n) is 22.7. The van der Waals surface area contributed by atoms with Gasteiger partial charge < -0.3 is 30.2 Å². The fraction of sp³-hybridized carbons (Fsp3) is 0.828. The second kappa shape index (κ2) is 10.5. The zero-order valence-corrected chi connectivity index (χ0v) is 22.7. The lowest BCUT2D eigenvalue weighted by Gasteiger charge is -2.62. The van der Waals surface area contributed by atoms with Crippen LogP contribution < -0.4 is 5.73 Å². The van der Waals surface area contributed by atoms with E-state index in [0.29, 0.717) is 32.2 Å². The number of carboxylic acid groups (broad SMARTS) is 2. The van der Waals surface area contributed by atoms with Crippen LogP contribution in [0.2, 0.25) is 0 Å². The Labute approximate surface area is 224 Å². The summed E-state index contributed by atoms with van der Waals surface area (Å²) in [6, 6.07) is -0.198. The lowest BCUT2D eigenvalue weighted by atomic mass is 9.45. The first-order valence-corrected chi connectivity index (χ1v) is 14.4. The molecular formula is C29H43NO8. The van der Waals surface area contributed by atoms with Gasteiger partial charge in [0.25, 0.3) is 0 Å².